The minimum absolute atomic E-state index is 0.0613. The number of alkyl halides is 1. The molecule has 4 aliphatic rings. The van der Waals surface area contributed by atoms with Crippen molar-refractivity contribution in [1.82, 2.24) is 10.6 Å². The lowest BCUT2D eigenvalue weighted by molar-refractivity contribution is -0.144. The molecule has 0 heterocycles. The van der Waals surface area contributed by atoms with E-state index in [9.17, 15) is 9.59 Å². The van der Waals surface area contributed by atoms with Gasteiger partial charge >= 0.3 is 0 Å². The number of nitrogens with one attached hydrogen (secondary N) is 2. The van der Waals surface area contributed by atoms with E-state index in [1.54, 1.807) is 0 Å². The second-order valence-corrected chi connectivity index (χ2v) is 7.93. The van der Waals surface area contributed by atoms with Crippen LogP contribution in [0.15, 0.2) is 0 Å². The molecular formula is C15H23ClN2O2. The van der Waals surface area contributed by atoms with Gasteiger partial charge in [-0.3, -0.25) is 9.59 Å². The van der Waals surface area contributed by atoms with E-state index in [1.807, 2.05) is 0 Å². The third-order valence-corrected chi connectivity index (χ3v) is 5.70. The standard InChI is InChI=1S/C15H23ClN2O2/c1-10(19)17-2-3-18-13(20)14-5-11-4-12(6-14)8-15(16,7-11)9-14/h11-12H,2-9H2,1H3,(H,17,19)(H,18,20). The van der Waals surface area contributed by atoms with Crippen molar-refractivity contribution < 1.29 is 9.59 Å². The first-order valence-corrected chi connectivity index (χ1v) is 8.00. The summed E-state index contributed by atoms with van der Waals surface area (Å²) in [5.41, 5.74) is -0.234. The Hall–Kier alpha value is -0.770. The Labute approximate surface area is 125 Å². The lowest BCUT2D eigenvalue weighted by atomic mass is 9.49. The Morgan fingerprint density at radius 1 is 1.10 bits per heavy atom. The van der Waals surface area contributed by atoms with Gasteiger partial charge in [0.25, 0.3) is 0 Å². The molecule has 4 aliphatic carbocycles. The average molecular weight is 299 g/mol. The quantitative estimate of drug-likeness (QED) is 0.614. The fraction of sp³-hybridized carbons (Fsp3) is 0.867. The summed E-state index contributed by atoms with van der Waals surface area (Å²) in [6.07, 6.45) is 6.28. The molecule has 0 saturated heterocycles. The molecule has 0 aromatic rings. The summed E-state index contributed by atoms with van der Waals surface area (Å²) in [5, 5.41) is 5.70. The number of halogens is 1. The molecule has 0 aliphatic heterocycles. The van der Waals surface area contributed by atoms with Gasteiger partial charge in [-0.1, -0.05) is 0 Å². The molecule has 2 amide bonds. The van der Waals surface area contributed by atoms with E-state index in [0.29, 0.717) is 24.9 Å². The van der Waals surface area contributed by atoms with Gasteiger partial charge in [0.05, 0.1) is 5.41 Å². The van der Waals surface area contributed by atoms with Gasteiger partial charge in [-0.05, 0) is 50.4 Å². The lowest BCUT2D eigenvalue weighted by Crippen LogP contribution is -2.58. The van der Waals surface area contributed by atoms with Crippen molar-refractivity contribution in [1.29, 1.82) is 0 Å². The molecule has 4 nitrogen and oxygen atoms in total. The van der Waals surface area contributed by atoms with Gasteiger partial charge < -0.3 is 10.6 Å². The van der Waals surface area contributed by atoms with Crippen molar-refractivity contribution in [2.75, 3.05) is 13.1 Å². The van der Waals surface area contributed by atoms with Crippen LogP contribution in [0.2, 0.25) is 0 Å². The van der Waals surface area contributed by atoms with Crippen LogP contribution in [0.3, 0.4) is 0 Å². The Balaban J connectivity index is 1.61. The summed E-state index contributed by atoms with van der Waals surface area (Å²) < 4.78 is 0. The maximum absolute atomic E-state index is 12.6. The molecule has 0 aromatic carbocycles. The predicted octanol–water partition coefficient (Wildman–Crippen LogP) is 1.82. The van der Waals surface area contributed by atoms with E-state index in [0.717, 1.165) is 32.1 Å². The Morgan fingerprint density at radius 3 is 2.25 bits per heavy atom. The third kappa shape index (κ3) is 2.54. The first kappa shape index (κ1) is 14.2. The van der Waals surface area contributed by atoms with Gasteiger partial charge in [-0.2, -0.15) is 0 Å². The van der Waals surface area contributed by atoms with E-state index in [-0.39, 0.29) is 22.1 Å². The molecule has 2 N–H and O–H groups in total. The fourth-order valence-electron chi connectivity index (χ4n) is 5.02. The van der Waals surface area contributed by atoms with Crippen LogP contribution in [0.25, 0.3) is 0 Å². The third-order valence-electron chi connectivity index (χ3n) is 5.26. The second kappa shape index (κ2) is 4.90. The summed E-state index contributed by atoms with van der Waals surface area (Å²) in [6, 6.07) is 0. The van der Waals surface area contributed by atoms with Crippen molar-refractivity contribution in [3.63, 3.8) is 0 Å². The van der Waals surface area contributed by atoms with Crippen molar-refractivity contribution >= 4 is 23.4 Å². The largest absolute Gasteiger partial charge is 0.355 e. The highest BCUT2D eigenvalue weighted by molar-refractivity contribution is 6.24. The van der Waals surface area contributed by atoms with Crippen LogP contribution >= 0.6 is 11.6 Å². The molecule has 20 heavy (non-hydrogen) atoms. The van der Waals surface area contributed by atoms with E-state index in [4.69, 9.17) is 11.6 Å². The Kier molecular flexibility index (Phi) is 3.47. The highest BCUT2D eigenvalue weighted by atomic mass is 35.5. The monoisotopic (exact) mass is 298 g/mol. The van der Waals surface area contributed by atoms with Gasteiger partial charge in [-0.15, -0.1) is 11.6 Å². The normalized spacial score (nSPS) is 41.5. The molecule has 4 rings (SSSR count). The molecule has 0 spiro atoms. The van der Waals surface area contributed by atoms with Gasteiger partial charge in [0.15, 0.2) is 0 Å². The molecule has 4 fully saturated rings. The molecule has 2 atom stereocenters. The number of carbonyl (C=O) groups is 2. The average Bonchev–Trinajstić information content (AvgIpc) is 2.31. The molecule has 4 saturated carbocycles. The minimum Gasteiger partial charge on any atom is -0.355 e. The zero-order valence-corrected chi connectivity index (χ0v) is 12.8. The summed E-state index contributed by atoms with van der Waals surface area (Å²) in [7, 11) is 0. The molecule has 4 bridgehead atoms. The van der Waals surface area contributed by atoms with Crippen molar-refractivity contribution in [3.8, 4) is 0 Å². The SMILES string of the molecule is CC(=O)NCCNC(=O)C12CC3CC(CC(Cl)(C3)C1)C2. The molecule has 112 valence electrons. The molecule has 2 unspecified atom stereocenters. The summed E-state index contributed by atoms with van der Waals surface area (Å²) in [4.78, 5) is 23.3. The highest BCUT2D eigenvalue weighted by Gasteiger charge is 2.59. The van der Waals surface area contributed by atoms with E-state index in [2.05, 4.69) is 10.6 Å². The highest BCUT2D eigenvalue weighted by Crippen LogP contribution is 2.63. The topological polar surface area (TPSA) is 58.2 Å². The van der Waals surface area contributed by atoms with Crippen LogP contribution in [-0.4, -0.2) is 29.8 Å². The van der Waals surface area contributed by atoms with Crippen molar-refractivity contribution in [2.45, 2.75) is 50.3 Å². The zero-order valence-electron chi connectivity index (χ0n) is 12.0. The van der Waals surface area contributed by atoms with Crippen molar-refractivity contribution in [2.24, 2.45) is 17.3 Å². The van der Waals surface area contributed by atoms with Crippen LogP contribution in [0.4, 0.5) is 0 Å². The van der Waals surface area contributed by atoms with Gasteiger partial charge in [-0.25, -0.2) is 0 Å². The van der Waals surface area contributed by atoms with Crippen molar-refractivity contribution in [3.05, 3.63) is 0 Å². The molecule has 5 heteroatoms. The van der Waals surface area contributed by atoms with Gasteiger partial charge in [0.1, 0.15) is 0 Å². The van der Waals surface area contributed by atoms with Crippen LogP contribution in [0, 0.1) is 17.3 Å². The summed E-state index contributed by atoms with van der Waals surface area (Å²) in [6.45, 7) is 2.49. The maximum Gasteiger partial charge on any atom is 0.226 e. The van der Waals surface area contributed by atoms with Gasteiger partial charge in [0.2, 0.25) is 11.8 Å². The Morgan fingerprint density at radius 2 is 1.70 bits per heavy atom. The summed E-state index contributed by atoms with van der Waals surface area (Å²) >= 11 is 6.73. The fourth-order valence-corrected chi connectivity index (χ4v) is 5.71. The lowest BCUT2D eigenvalue weighted by Gasteiger charge is -2.59. The Bertz CT molecular complexity index is 424. The molecule has 0 aromatic heterocycles. The smallest absolute Gasteiger partial charge is 0.226 e. The first-order chi connectivity index (χ1) is 9.41. The van der Waals surface area contributed by atoms with E-state index in [1.165, 1.54) is 13.3 Å². The summed E-state index contributed by atoms with van der Waals surface area (Å²) in [5.74, 6) is 1.36. The van der Waals surface area contributed by atoms with Crippen LogP contribution < -0.4 is 10.6 Å². The zero-order chi connectivity index (χ0) is 14.4. The molecule has 0 radical (unpaired) electrons. The number of rotatable bonds is 4. The first-order valence-electron chi connectivity index (χ1n) is 7.63. The molecular weight excluding hydrogens is 276 g/mol. The van der Waals surface area contributed by atoms with Crippen LogP contribution in [0.5, 0.6) is 0 Å². The number of carbonyl (C=O) groups excluding carboxylic acids is 2. The number of hydrogen-bond acceptors (Lipinski definition) is 2. The maximum atomic E-state index is 12.6. The second-order valence-electron chi connectivity index (χ2n) is 7.13. The minimum atomic E-state index is -0.234. The number of hydrogen-bond donors (Lipinski definition) is 2. The van der Waals surface area contributed by atoms with E-state index >= 15 is 0 Å². The van der Waals surface area contributed by atoms with E-state index < -0.39 is 0 Å². The number of amides is 2. The predicted molar refractivity (Wildman–Crippen MR) is 77.4 cm³/mol. The van der Waals surface area contributed by atoms with Gasteiger partial charge in [0, 0.05) is 24.9 Å². The van der Waals surface area contributed by atoms with Crippen LogP contribution in [0.1, 0.15) is 45.4 Å². The van der Waals surface area contributed by atoms with Crippen LogP contribution in [-0.2, 0) is 9.59 Å².